The molecule has 0 amide bonds. The molecule has 1 saturated heterocycles. The molecule has 0 aliphatic carbocycles. The molecule has 1 aliphatic heterocycles. The van der Waals surface area contributed by atoms with Gasteiger partial charge in [0, 0.05) is 50.5 Å². The Morgan fingerprint density at radius 3 is 2.86 bits per heavy atom. The molecule has 0 bridgehead atoms. The summed E-state index contributed by atoms with van der Waals surface area (Å²) in [6.07, 6.45) is 1.20. The van der Waals surface area contributed by atoms with Crippen molar-refractivity contribution in [3.63, 3.8) is 0 Å². The fourth-order valence-electron chi connectivity index (χ4n) is 2.58. The average Bonchev–Trinajstić information content (AvgIpc) is 2.70. The van der Waals surface area contributed by atoms with Crippen molar-refractivity contribution in [3.05, 3.63) is 28.8 Å². The molecule has 1 aliphatic rings. The Labute approximate surface area is 133 Å². The number of anilines is 1. The molecule has 0 atom stereocenters. The topological polar surface area (TPSA) is 27.7 Å². The van der Waals surface area contributed by atoms with Crippen molar-refractivity contribution in [1.82, 2.24) is 10.2 Å². The predicted octanol–water partition coefficient (Wildman–Crippen LogP) is 2.22. The molecular weight excluding hydrogens is 286 g/mol. The molecule has 5 heteroatoms. The Bertz CT molecular complexity index is 442. The first-order valence-electron chi connectivity index (χ1n) is 7.62. The van der Waals surface area contributed by atoms with Crippen molar-refractivity contribution in [1.29, 1.82) is 0 Å². The third-order valence-corrected chi connectivity index (χ3v) is 4.27. The SMILES string of the molecule is COCCNCc1ccc(N2CCCN(C)CC2)cc1Cl. The van der Waals surface area contributed by atoms with E-state index in [2.05, 4.69) is 40.4 Å². The summed E-state index contributed by atoms with van der Waals surface area (Å²) < 4.78 is 5.02. The molecule has 1 fully saturated rings. The zero-order valence-corrected chi connectivity index (χ0v) is 13.8. The first-order chi connectivity index (χ1) is 10.2. The van der Waals surface area contributed by atoms with E-state index in [1.54, 1.807) is 7.11 Å². The van der Waals surface area contributed by atoms with Gasteiger partial charge in [-0.15, -0.1) is 0 Å². The van der Waals surface area contributed by atoms with E-state index in [0.717, 1.165) is 49.9 Å². The van der Waals surface area contributed by atoms with Gasteiger partial charge in [-0.2, -0.15) is 0 Å². The van der Waals surface area contributed by atoms with Crippen LogP contribution in [-0.4, -0.2) is 58.4 Å². The Hall–Kier alpha value is -0.810. The highest BCUT2D eigenvalue weighted by Gasteiger charge is 2.13. The van der Waals surface area contributed by atoms with Gasteiger partial charge in [0.1, 0.15) is 0 Å². The van der Waals surface area contributed by atoms with E-state index in [-0.39, 0.29) is 0 Å². The fraction of sp³-hybridized carbons (Fsp3) is 0.625. The second-order valence-electron chi connectivity index (χ2n) is 5.59. The summed E-state index contributed by atoms with van der Waals surface area (Å²) in [4.78, 5) is 4.81. The fourth-order valence-corrected chi connectivity index (χ4v) is 2.82. The summed E-state index contributed by atoms with van der Waals surface area (Å²) >= 11 is 6.42. The van der Waals surface area contributed by atoms with Gasteiger partial charge < -0.3 is 19.9 Å². The van der Waals surface area contributed by atoms with Crippen LogP contribution in [0.3, 0.4) is 0 Å². The molecule has 4 nitrogen and oxygen atoms in total. The van der Waals surface area contributed by atoms with Gasteiger partial charge in [-0.1, -0.05) is 17.7 Å². The number of hydrogen-bond donors (Lipinski definition) is 1. The predicted molar refractivity (Wildman–Crippen MR) is 89.4 cm³/mol. The summed E-state index contributed by atoms with van der Waals surface area (Å²) in [5, 5.41) is 4.17. The van der Waals surface area contributed by atoms with Gasteiger partial charge in [-0.05, 0) is 37.7 Å². The molecule has 0 spiro atoms. The van der Waals surface area contributed by atoms with Gasteiger partial charge in [0.25, 0.3) is 0 Å². The van der Waals surface area contributed by atoms with E-state index in [1.165, 1.54) is 18.7 Å². The van der Waals surface area contributed by atoms with E-state index in [4.69, 9.17) is 16.3 Å². The first kappa shape index (κ1) is 16.6. The lowest BCUT2D eigenvalue weighted by atomic mass is 10.2. The van der Waals surface area contributed by atoms with Gasteiger partial charge in [-0.3, -0.25) is 0 Å². The number of methoxy groups -OCH3 is 1. The lowest BCUT2D eigenvalue weighted by Crippen LogP contribution is -2.28. The second-order valence-corrected chi connectivity index (χ2v) is 6.00. The van der Waals surface area contributed by atoms with Crippen LogP contribution in [0.4, 0.5) is 5.69 Å². The highest BCUT2D eigenvalue weighted by Crippen LogP contribution is 2.24. The maximum absolute atomic E-state index is 6.42. The van der Waals surface area contributed by atoms with Crippen LogP contribution in [0.5, 0.6) is 0 Å². The number of ether oxygens (including phenoxy) is 1. The van der Waals surface area contributed by atoms with E-state index in [9.17, 15) is 0 Å². The molecular formula is C16H26ClN3O. The molecule has 1 N–H and O–H groups in total. The monoisotopic (exact) mass is 311 g/mol. The van der Waals surface area contributed by atoms with Crippen molar-refractivity contribution >= 4 is 17.3 Å². The Kier molecular flexibility index (Phi) is 6.77. The lowest BCUT2D eigenvalue weighted by molar-refractivity contribution is 0.199. The molecule has 118 valence electrons. The molecule has 0 unspecified atom stereocenters. The van der Waals surface area contributed by atoms with Crippen LogP contribution in [0, 0.1) is 0 Å². The first-order valence-corrected chi connectivity index (χ1v) is 8.00. The summed E-state index contributed by atoms with van der Waals surface area (Å²) in [6, 6.07) is 6.41. The van der Waals surface area contributed by atoms with Crippen molar-refractivity contribution in [3.8, 4) is 0 Å². The minimum atomic E-state index is 0.719. The third kappa shape index (κ3) is 5.15. The number of likely N-dealkylation sites (N-methyl/N-ethyl adjacent to an activating group) is 1. The molecule has 0 saturated carbocycles. The smallest absolute Gasteiger partial charge is 0.0587 e. The molecule has 1 heterocycles. The van der Waals surface area contributed by atoms with Gasteiger partial charge in [0.05, 0.1) is 6.61 Å². The summed E-state index contributed by atoms with van der Waals surface area (Å²) in [7, 11) is 3.90. The number of nitrogens with zero attached hydrogens (tertiary/aromatic N) is 2. The maximum Gasteiger partial charge on any atom is 0.0587 e. The number of hydrogen-bond acceptors (Lipinski definition) is 4. The minimum absolute atomic E-state index is 0.719. The maximum atomic E-state index is 6.42. The molecule has 1 aromatic carbocycles. The summed E-state index contributed by atoms with van der Waals surface area (Å²) in [6.45, 7) is 6.79. The molecule has 0 radical (unpaired) electrons. The minimum Gasteiger partial charge on any atom is -0.383 e. The highest BCUT2D eigenvalue weighted by molar-refractivity contribution is 6.31. The summed E-state index contributed by atoms with van der Waals surface area (Å²) in [5.74, 6) is 0. The largest absolute Gasteiger partial charge is 0.383 e. The number of benzene rings is 1. The van der Waals surface area contributed by atoms with Crippen LogP contribution >= 0.6 is 11.6 Å². The zero-order chi connectivity index (χ0) is 15.1. The Morgan fingerprint density at radius 2 is 2.10 bits per heavy atom. The van der Waals surface area contributed by atoms with Crippen LogP contribution in [0.1, 0.15) is 12.0 Å². The van der Waals surface area contributed by atoms with E-state index < -0.39 is 0 Å². The molecule has 0 aromatic heterocycles. The highest BCUT2D eigenvalue weighted by atomic mass is 35.5. The average molecular weight is 312 g/mol. The van der Waals surface area contributed by atoms with Crippen LogP contribution < -0.4 is 10.2 Å². The third-order valence-electron chi connectivity index (χ3n) is 3.92. The quantitative estimate of drug-likeness (QED) is 0.815. The lowest BCUT2D eigenvalue weighted by Gasteiger charge is -2.23. The van der Waals surface area contributed by atoms with Crippen molar-refractivity contribution in [2.75, 3.05) is 58.4 Å². The van der Waals surface area contributed by atoms with Crippen LogP contribution in [0.25, 0.3) is 0 Å². The number of rotatable bonds is 6. The van der Waals surface area contributed by atoms with Gasteiger partial charge >= 0.3 is 0 Å². The molecule has 21 heavy (non-hydrogen) atoms. The normalized spacial score (nSPS) is 17.0. The van der Waals surface area contributed by atoms with Gasteiger partial charge in [0.15, 0.2) is 0 Å². The number of nitrogens with one attached hydrogen (secondary N) is 1. The van der Waals surface area contributed by atoms with E-state index in [0.29, 0.717) is 0 Å². The molecule has 2 rings (SSSR count). The summed E-state index contributed by atoms with van der Waals surface area (Å²) in [5.41, 5.74) is 2.37. The van der Waals surface area contributed by atoms with Crippen LogP contribution in [0.15, 0.2) is 18.2 Å². The zero-order valence-electron chi connectivity index (χ0n) is 13.1. The van der Waals surface area contributed by atoms with Crippen molar-refractivity contribution < 1.29 is 4.74 Å². The van der Waals surface area contributed by atoms with E-state index in [1.807, 2.05) is 0 Å². The Morgan fingerprint density at radius 1 is 1.24 bits per heavy atom. The second kappa shape index (κ2) is 8.59. The Balaban J connectivity index is 1.94. The van der Waals surface area contributed by atoms with Crippen LogP contribution in [0.2, 0.25) is 5.02 Å². The standard InChI is InChI=1S/C16H26ClN3O/c1-19-7-3-8-20(10-9-19)15-5-4-14(16(17)12-15)13-18-6-11-21-2/h4-5,12,18H,3,6-11,13H2,1-2H3. The number of halogens is 1. The van der Waals surface area contributed by atoms with Crippen LogP contribution in [-0.2, 0) is 11.3 Å². The van der Waals surface area contributed by atoms with Crippen molar-refractivity contribution in [2.45, 2.75) is 13.0 Å². The van der Waals surface area contributed by atoms with Gasteiger partial charge in [-0.25, -0.2) is 0 Å². The van der Waals surface area contributed by atoms with Crippen molar-refractivity contribution in [2.24, 2.45) is 0 Å². The molecule has 1 aromatic rings. The van der Waals surface area contributed by atoms with Gasteiger partial charge in [0.2, 0.25) is 0 Å². The van der Waals surface area contributed by atoms with E-state index >= 15 is 0 Å².